The maximum Gasteiger partial charge on any atom is 0.269 e. The van der Waals surface area contributed by atoms with Crippen LogP contribution in [-0.4, -0.2) is 25.4 Å². The third kappa shape index (κ3) is 5.16. The van der Waals surface area contributed by atoms with Gasteiger partial charge in [0.05, 0.1) is 23.3 Å². The highest BCUT2D eigenvalue weighted by molar-refractivity contribution is 6.35. The molecular weight excluding hydrogens is 519 g/mol. The predicted octanol–water partition coefficient (Wildman–Crippen LogP) is 4.76. The van der Waals surface area contributed by atoms with E-state index in [9.17, 15) is 22.8 Å². The highest BCUT2D eigenvalue weighted by atomic mass is 35.5. The zero-order valence-corrected chi connectivity index (χ0v) is 20.4. The molecule has 0 aliphatic heterocycles. The number of benzene rings is 2. The Balaban J connectivity index is 1.29. The van der Waals surface area contributed by atoms with Gasteiger partial charge in [-0.3, -0.25) is 19.6 Å². The first-order valence-electron chi connectivity index (χ1n) is 11.4. The van der Waals surface area contributed by atoms with Crippen molar-refractivity contribution in [2.75, 3.05) is 0 Å². The van der Waals surface area contributed by atoms with E-state index in [1.807, 2.05) is 0 Å². The maximum atomic E-state index is 14.9. The van der Waals surface area contributed by atoms with Crippen molar-refractivity contribution in [2.45, 2.75) is 19.5 Å². The van der Waals surface area contributed by atoms with Gasteiger partial charge < -0.3 is 14.9 Å². The lowest BCUT2D eigenvalue weighted by molar-refractivity contribution is 0.0950. The van der Waals surface area contributed by atoms with Gasteiger partial charge in [-0.05, 0) is 29.3 Å². The topological polar surface area (TPSA) is 92.7 Å². The lowest BCUT2D eigenvalue weighted by atomic mass is 10.0. The van der Waals surface area contributed by atoms with Crippen LogP contribution in [0.15, 0.2) is 72.3 Å². The summed E-state index contributed by atoms with van der Waals surface area (Å²) < 4.78 is 45.2. The van der Waals surface area contributed by atoms with Crippen LogP contribution >= 0.6 is 11.6 Å². The van der Waals surface area contributed by atoms with Crippen molar-refractivity contribution in [1.82, 2.24) is 24.8 Å². The van der Waals surface area contributed by atoms with Crippen LogP contribution in [0.3, 0.4) is 0 Å². The smallest absolute Gasteiger partial charge is 0.269 e. The molecule has 0 aliphatic rings. The van der Waals surface area contributed by atoms with Crippen LogP contribution in [0.4, 0.5) is 13.2 Å². The van der Waals surface area contributed by atoms with Crippen LogP contribution in [-0.2, 0) is 19.5 Å². The molecule has 2 N–H and O–H groups in total. The molecule has 1 amide bonds. The number of amides is 1. The summed E-state index contributed by atoms with van der Waals surface area (Å²) in [6.45, 7) is -0.236. The fourth-order valence-electron chi connectivity index (χ4n) is 4.07. The minimum atomic E-state index is -1.06. The van der Waals surface area contributed by atoms with Crippen LogP contribution in [0, 0.1) is 17.5 Å². The Morgan fingerprint density at radius 1 is 1.00 bits per heavy atom. The number of halogens is 4. The third-order valence-corrected chi connectivity index (χ3v) is 6.39. The van der Waals surface area contributed by atoms with Gasteiger partial charge in [0, 0.05) is 66.0 Å². The quantitative estimate of drug-likeness (QED) is 0.313. The maximum absolute atomic E-state index is 14.9. The van der Waals surface area contributed by atoms with E-state index >= 15 is 0 Å². The van der Waals surface area contributed by atoms with Crippen LogP contribution in [0.5, 0.6) is 0 Å². The van der Waals surface area contributed by atoms with Gasteiger partial charge in [0.25, 0.3) is 11.5 Å². The number of hydrogen-bond acceptors (Lipinski definition) is 4. The number of aromatic amines is 1. The van der Waals surface area contributed by atoms with Gasteiger partial charge in [-0.15, -0.1) is 0 Å². The molecule has 0 atom stereocenters. The molecule has 0 bridgehead atoms. The average Bonchev–Trinajstić information content (AvgIpc) is 3.27. The van der Waals surface area contributed by atoms with E-state index in [0.29, 0.717) is 21.5 Å². The van der Waals surface area contributed by atoms with E-state index < -0.39 is 28.9 Å². The van der Waals surface area contributed by atoms with Gasteiger partial charge in [0.15, 0.2) is 11.6 Å². The summed E-state index contributed by atoms with van der Waals surface area (Å²) in [5, 5.41) is 3.71. The van der Waals surface area contributed by atoms with E-state index in [2.05, 4.69) is 20.3 Å². The average molecular weight is 538 g/mol. The molecule has 3 heterocycles. The number of carbonyl (C=O) groups excluding carboxylic acids is 1. The normalized spacial score (nSPS) is 11.2. The number of fused-ring (bicyclic) bond motifs is 1. The molecule has 2 aromatic carbocycles. The molecule has 0 saturated heterocycles. The predicted molar refractivity (Wildman–Crippen MR) is 135 cm³/mol. The number of nitrogens with zero attached hydrogens (tertiary/aromatic N) is 3. The molecule has 0 saturated carbocycles. The summed E-state index contributed by atoms with van der Waals surface area (Å²) in [6.07, 6.45) is 8.16. The van der Waals surface area contributed by atoms with E-state index in [1.165, 1.54) is 53.6 Å². The monoisotopic (exact) mass is 537 g/mol. The molecule has 0 aliphatic carbocycles. The summed E-state index contributed by atoms with van der Waals surface area (Å²) in [5.41, 5.74) is 1.09. The minimum Gasteiger partial charge on any atom is -0.360 e. The fraction of sp³-hybridized carbons (Fsp3) is 0.111. The summed E-state index contributed by atoms with van der Waals surface area (Å²) >= 11 is 6.10. The second kappa shape index (κ2) is 10.5. The number of pyridine rings is 1. The lowest BCUT2D eigenvalue weighted by Gasteiger charge is -2.11. The zero-order valence-electron chi connectivity index (χ0n) is 19.6. The molecule has 38 heavy (non-hydrogen) atoms. The first-order chi connectivity index (χ1) is 18.3. The molecule has 0 radical (unpaired) electrons. The van der Waals surface area contributed by atoms with E-state index in [0.717, 1.165) is 6.20 Å². The summed E-state index contributed by atoms with van der Waals surface area (Å²) in [5.74, 6) is -3.12. The van der Waals surface area contributed by atoms with Gasteiger partial charge >= 0.3 is 0 Å². The van der Waals surface area contributed by atoms with Gasteiger partial charge in [0.1, 0.15) is 5.82 Å². The van der Waals surface area contributed by atoms with Gasteiger partial charge in [-0.1, -0.05) is 23.7 Å². The Morgan fingerprint density at radius 3 is 2.61 bits per heavy atom. The molecule has 0 spiro atoms. The van der Waals surface area contributed by atoms with Crippen LogP contribution in [0.2, 0.25) is 5.02 Å². The Kier molecular flexibility index (Phi) is 6.97. The SMILES string of the molecule is O=C(NCc1cc2c(Cl)c[nH]c2cc1F)c1cncc(Cc2ccc(Cn3ccncc3=O)c(F)c2F)c1. The van der Waals surface area contributed by atoms with E-state index in [4.69, 9.17) is 11.6 Å². The second-order valence-electron chi connectivity index (χ2n) is 8.62. The first kappa shape index (κ1) is 25.2. The Morgan fingerprint density at radius 2 is 1.79 bits per heavy atom. The standard InChI is InChI=1S/C27H19ClF3N5O2/c28-21-12-34-23-8-22(29)18(7-20(21)23)11-35-27(38)19-6-15(9-33-10-19)5-16-1-2-17(26(31)25(16)30)14-36-4-3-32-13-24(36)37/h1-4,6-10,12-13,34H,5,11,14H2,(H,35,38). The van der Waals surface area contributed by atoms with Crippen molar-refractivity contribution in [2.24, 2.45) is 0 Å². The van der Waals surface area contributed by atoms with Crippen molar-refractivity contribution in [1.29, 1.82) is 0 Å². The molecular formula is C27H19ClF3N5O2. The summed E-state index contributed by atoms with van der Waals surface area (Å²) in [7, 11) is 0. The number of rotatable bonds is 7. The van der Waals surface area contributed by atoms with Gasteiger partial charge in [-0.2, -0.15) is 0 Å². The molecule has 192 valence electrons. The summed E-state index contributed by atoms with van der Waals surface area (Å²) in [4.78, 5) is 35.1. The van der Waals surface area contributed by atoms with Crippen molar-refractivity contribution < 1.29 is 18.0 Å². The van der Waals surface area contributed by atoms with E-state index in [1.54, 1.807) is 12.3 Å². The number of H-pyrrole nitrogens is 1. The third-order valence-electron chi connectivity index (χ3n) is 6.07. The number of nitrogens with one attached hydrogen (secondary N) is 2. The number of carbonyl (C=O) groups is 1. The molecule has 0 unspecified atom stereocenters. The Hall–Kier alpha value is -4.44. The highest BCUT2D eigenvalue weighted by Crippen LogP contribution is 2.26. The van der Waals surface area contributed by atoms with Crippen LogP contribution in [0.25, 0.3) is 10.9 Å². The number of aromatic nitrogens is 4. The molecule has 7 nitrogen and oxygen atoms in total. The molecule has 3 aromatic heterocycles. The molecule has 11 heteroatoms. The van der Waals surface area contributed by atoms with Crippen molar-refractivity contribution >= 4 is 28.4 Å². The van der Waals surface area contributed by atoms with Crippen molar-refractivity contribution in [3.05, 3.63) is 128 Å². The zero-order chi connectivity index (χ0) is 26.8. The van der Waals surface area contributed by atoms with Crippen LogP contribution < -0.4 is 10.9 Å². The molecule has 0 fully saturated rings. The summed E-state index contributed by atoms with van der Waals surface area (Å²) in [6, 6.07) is 7.21. The fourth-order valence-corrected chi connectivity index (χ4v) is 4.28. The van der Waals surface area contributed by atoms with Gasteiger partial charge in [0.2, 0.25) is 0 Å². The second-order valence-corrected chi connectivity index (χ2v) is 9.03. The Bertz CT molecular complexity index is 1730. The van der Waals surface area contributed by atoms with Gasteiger partial charge in [-0.25, -0.2) is 13.2 Å². The minimum absolute atomic E-state index is 0.0113. The van der Waals surface area contributed by atoms with Crippen LogP contribution in [0.1, 0.15) is 32.6 Å². The van der Waals surface area contributed by atoms with E-state index in [-0.39, 0.29) is 41.8 Å². The largest absolute Gasteiger partial charge is 0.360 e. The number of hydrogen-bond donors (Lipinski definition) is 2. The molecule has 5 rings (SSSR count). The first-order valence-corrected chi connectivity index (χ1v) is 11.8. The van der Waals surface area contributed by atoms with Crippen molar-refractivity contribution in [3.8, 4) is 0 Å². The Labute approximate surface area is 218 Å². The lowest BCUT2D eigenvalue weighted by Crippen LogP contribution is -2.23. The van der Waals surface area contributed by atoms with Crippen molar-refractivity contribution in [3.63, 3.8) is 0 Å². The highest BCUT2D eigenvalue weighted by Gasteiger charge is 2.16. The molecule has 5 aromatic rings.